The maximum atomic E-state index is 12.2. The Morgan fingerprint density at radius 3 is 2.81 bits per heavy atom. The Balaban J connectivity index is 2.11. The van der Waals surface area contributed by atoms with Crippen LogP contribution in [0.1, 0.15) is 23.7 Å². The molecule has 1 amide bonds. The number of carbonyl (C=O) groups is 1. The lowest BCUT2D eigenvalue weighted by molar-refractivity contribution is 0.0906. The minimum Gasteiger partial charge on any atom is -0.378 e. The van der Waals surface area contributed by atoms with E-state index in [2.05, 4.69) is 21.2 Å². The van der Waals surface area contributed by atoms with E-state index in [1.54, 1.807) is 0 Å². The second-order valence-corrected chi connectivity index (χ2v) is 8.33. The van der Waals surface area contributed by atoms with Crippen molar-refractivity contribution in [2.45, 2.75) is 24.3 Å². The molecule has 2 rings (SSSR count). The second kappa shape index (κ2) is 6.64. The lowest BCUT2D eigenvalue weighted by Crippen LogP contribution is -2.32. The highest BCUT2D eigenvalue weighted by Crippen LogP contribution is 2.24. The molecule has 1 fully saturated rings. The topological polar surface area (TPSA) is 72.5 Å². The lowest BCUT2D eigenvalue weighted by atomic mass is 10.0. The van der Waals surface area contributed by atoms with E-state index < -0.39 is 9.05 Å². The predicted molar refractivity (Wildman–Crippen MR) is 83.0 cm³/mol. The molecular formula is C13H15BrClNO4S. The summed E-state index contributed by atoms with van der Waals surface area (Å²) < 4.78 is 28.6. The largest absolute Gasteiger partial charge is 0.378 e. The van der Waals surface area contributed by atoms with Gasteiger partial charge in [0.15, 0.2) is 0 Å². The molecule has 1 aromatic rings. The van der Waals surface area contributed by atoms with E-state index in [0.29, 0.717) is 17.6 Å². The van der Waals surface area contributed by atoms with Crippen LogP contribution in [0.3, 0.4) is 0 Å². The Hall–Kier alpha value is -0.630. The SMILES string of the molecule is CC1OCCC1CNC(=O)c1cc(S(=O)(=O)Cl)ccc1Br. The van der Waals surface area contributed by atoms with Gasteiger partial charge in [0.1, 0.15) is 0 Å². The van der Waals surface area contributed by atoms with Crippen LogP contribution in [0.15, 0.2) is 27.6 Å². The number of nitrogens with one attached hydrogen (secondary N) is 1. The Morgan fingerprint density at radius 2 is 2.24 bits per heavy atom. The molecule has 1 aliphatic rings. The Morgan fingerprint density at radius 1 is 1.52 bits per heavy atom. The predicted octanol–water partition coefficient (Wildman–Crippen LogP) is 2.53. The van der Waals surface area contributed by atoms with E-state index in [0.717, 1.165) is 6.42 Å². The van der Waals surface area contributed by atoms with Gasteiger partial charge in [-0.15, -0.1) is 0 Å². The van der Waals surface area contributed by atoms with Gasteiger partial charge < -0.3 is 10.1 Å². The zero-order valence-corrected chi connectivity index (χ0v) is 14.5. The number of rotatable bonds is 4. The monoisotopic (exact) mass is 395 g/mol. The first kappa shape index (κ1) is 16.7. The number of benzene rings is 1. The third kappa shape index (κ3) is 4.18. The first-order valence-electron chi connectivity index (χ1n) is 6.43. The molecule has 116 valence electrons. The van der Waals surface area contributed by atoms with E-state index in [-0.39, 0.29) is 28.4 Å². The van der Waals surface area contributed by atoms with Crippen molar-refractivity contribution in [2.75, 3.05) is 13.2 Å². The van der Waals surface area contributed by atoms with E-state index in [1.807, 2.05) is 6.92 Å². The van der Waals surface area contributed by atoms with Gasteiger partial charge in [0.2, 0.25) is 0 Å². The van der Waals surface area contributed by atoms with Crippen LogP contribution in [-0.2, 0) is 13.8 Å². The highest BCUT2D eigenvalue weighted by Gasteiger charge is 2.25. The maximum absolute atomic E-state index is 12.2. The number of amides is 1. The van der Waals surface area contributed by atoms with Crippen LogP contribution in [0.4, 0.5) is 0 Å². The standard InChI is InChI=1S/C13H15BrClNO4S/c1-8-9(4-5-20-8)7-16-13(17)11-6-10(21(15,18)19)2-3-12(11)14/h2-3,6,8-9H,4-5,7H2,1H3,(H,16,17). The fourth-order valence-electron chi connectivity index (χ4n) is 2.19. The van der Waals surface area contributed by atoms with Crippen molar-refractivity contribution in [3.8, 4) is 0 Å². The molecule has 8 heteroatoms. The zero-order chi connectivity index (χ0) is 15.6. The van der Waals surface area contributed by atoms with Gasteiger partial charge in [0, 0.05) is 34.2 Å². The van der Waals surface area contributed by atoms with Crippen LogP contribution in [0, 0.1) is 5.92 Å². The second-order valence-electron chi connectivity index (χ2n) is 4.91. The van der Waals surface area contributed by atoms with Crippen LogP contribution >= 0.6 is 26.6 Å². The van der Waals surface area contributed by atoms with Gasteiger partial charge in [-0.2, -0.15) is 0 Å². The number of carbonyl (C=O) groups excluding carboxylic acids is 1. The van der Waals surface area contributed by atoms with E-state index >= 15 is 0 Å². The van der Waals surface area contributed by atoms with Crippen molar-refractivity contribution >= 4 is 41.6 Å². The summed E-state index contributed by atoms with van der Waals surface area (Å²) in [4.78, 5) is 12.1. The van der Waals surface area contributed by atoms with Crippen LogP contribution in [0.5, 0.6) is 0 Å². The Labute approximate surface area is 136 Å². The minimum atomic E-state index is -3.86. The lowest BCUT2D eigenvalue weighted by Gasteiger charge is -2.15. The molecule has 1 N–H and O–H groups in total. The van der Waals surface area contributed by atoms with Gasteiger partial charge in [-0.05, 0) is 47.5 Å². The third-order valence-corrected chi connectivity index (χ3v) is 5.57. The van der Waals surface area contributed by atoms with Crippen molar-refractivity contribution in [2.24, 2.45) is 5.92 Å². The molecule has 0 bridgehead atoms. The summed E-state index contributed by atoms with van der Waals surface area (Å²) >= 11 is 3.24. The van der Waals surface area contributed by atoms with Crippen LogP contribution in [0.2, 0.25) is 0 Å². The fourth-order valence-corrected chi connectivity index (χ4v) is 3.40. The molecule has 2 atom stereocenters. The van der Waals surface area contributed by atoms with Crippen molar-refractivity contribution in [3.63, 3.8) is 0 Å². The number of ether oxygens (including phenoxy) is 1. The summed E-state index contributed by atoms with van der Waals surface area (Å²) in [6.07, 6.45) is 1.02. The smallest absolute Gasteiger partial charge is 0.261 e. The average molecular weight is 397 g/mol. The molecule has 0 spiro atoms. The van der Waals surface area contributed by atoms with Gasteiger partial charge in [-0.3, -0.25) is 4.79 Å². The molecule has 1 saturated heterocycles. The first-order chi connectivity index (χ1) is 9.79. The van der Waals surface area contributed by atoms with Crippen molar-refractivity contribution in [1.82, 2.24) is 5.32 Å². The van der Waals surface area contributed by atoms with Gasteiger partial charge in [0.05, 0.1) is 16.6 Å². The average Bonchev–Trinajstić information content (AvgIpc) is 2.80. The fraction of sp³-hybridized carbons (Fsp3) is 0.462. The van der Waals surface area contributed by atoms with Gasteiger partial charge in [-0.1, -0.05) is 0 Å². The van der Waals surface area contributed by atoms with E-state index in [4.69, 9.17) is 15.4 Å². The van der Waals surface area contributed by atoms with Gasteiger partial charge >= 0.3 is 0 Å². The summed E-state index contributed by atoms with van der Waals surface area (Å²) in [5.74, 6) is -0.0733. The summed E-state index contributed by atoms with van der Waals surface area (Å²) in [5.41, 5.74) is 0.239. The molecular weight excluding hydrogens is 382 g/mol. The molecule has 1 aromatic carbocycles. The summed E-state index contributed by atoms with van der Waals surface area (Å²) in [5, 5.41) is 2.80. The van der Waals surface area contributed by atoms with E-state index in [1.165, 1.54) is 18.2 Å². The number of hydrogen-bond donors (Lipinski definition) is 1. The maximum Gasteiger partial charge on any atom is 0.261 e. The molecule has 21 heavy (non-hydrogen) atoms. The van der Waals surface area contributed by atoms with Crippen molar-refractivity contribution in [3.05, 3.63) is 28.2 Å². The first-order valence-corrected chi connectivity index (χ1v) is 9.53. The van der Waals surface area contributed by atoms with Gasteiger partial charge in [-0.25, -0.2) is 8.42 Å². The molecule has 0 saturated carbocycles. The molecule has 5 nitrogen and oxygen atoms in total. The Bertz CT molecular complexity index is 650. The van der Waals surface area contributed by atoms with Gasteiger partial charge in [0.25, 0.3) is 15.0 Å². The molecule has 0 aromatic heterocycles. The molecule has 0 radical (unpaired) electrons. The zero-order valence-electron chi connectivity index (χ0n) is 11.3. The quantitative estimate of drug-likeness (QED) is 0.794. The van der Waals surface area contributed by atoms with E-state index in [9.17, 15) is 13.2 Å². The highest BCUT2D eigenvalue weighted by molar-refractivity contribution is 9.10. The minimum absolute atomic E-state index is 0.102. The Kier molecular flexibility index (Phi) is 5.29. The highest BCUT2D eigenvalue weighted by atomic mass is 79.9. The number of hydrogen-bond acceptors (Lipinski definition) is 4. The summed E-state index contributed by atoms with van der Waals surface area (Å²) in [6, 6.07) is 4.10. The van der Waals surface area contributed by atoms with Crippen LogP contribution < -0.4 is 5.32 Å². The van der Waals surface area contributed by atoms with Crippen molar-refractivity contribution in [1.29, 1.82) is 0 Å². The molecule has 1 aliphatic heterocycles. The van der Waals surface area contributed by atoms with Crippen LogP contribution in [0.25, 0.3) is 0 Å². The number of halogens is 2. The normalized spacial score (nSPS) is 22.2. The molecule has 2 unspecified atom stereocenters. The third-order valence-electron chi connectivity index (χ3n) is 3.52. The molecule has 0 aliphatic carbocycles. The summed E-state index contributed by atoms with van der Waals surface area (Å²) in [7, 11) is 1.43. The van der Waals surface area contributed by atoms with Crippen molar-refractivity contribution < 1.29 is 17.9 Å². The molecule has 1 heterocycles. The van der Waals surface area contributed by atoms with Crippen LogP contribution in [-0.4, -0.2) is 33.6 Å². The summed E-state index contributed by atoms with van der Waals surface area (Å²) in [6.45, 7) is 3.16.